The van der Waals surface area contributed by atoms with E-state index in [1.807, 2.05) is 0 Å². The highest BCUT2D eigenvalue weighted by atomic mass is 79.9. The topological polar surface area (TPSA) is 9.23 Å². The predicted molar refractivity (Wildman–Crippen MR) is 149 cm³/mol. The quantitative estimate of drug-likeness (QED) is 0.281. The maximum atomic E-state index is 7.50. The summed E-state index contributed by atoms with van der Waals surface area (Å²) in [5.74, 6) is 0. The zero-order valence-electron chi connectivity index (χ0n) is 20.6. The summed E-state index contributed by atoms with van der Waals surface area (Å²) in [5.41, 5.74) is 2.81. The summed E-state index contributed by atoms with van der Waals surface area (Å²) in [6, 6.07) is 19.9. The second-order valence-electron chi connectivity index (χ2n) is 11.3. The van der Waals surface area contributed by atoms with Gasteiger partial charge in [-0.3, -0.25) is 0 Å². The van der Waals surface area contributed by atoms with Gasteiger partial charge in [-0.25, -0.2) is 0 Å². The third-order valence-electron chi connectivity index (χ3n) is 7.23. The lowest BCUT2D eigenvalue weighted by atomic mass is 10.2. The molecule has 0 bridgehead atoms. The number of hydrogen-bond donors (Lipinski definition) is 0. The fourth-order valence-electron chi connectivity index (χ4n) is 3.72. The van der Waals surface area contributed by atoms with Gasteiger partial charge in [-0.05, 0) is 83.5 Å². The van der Waals surface area contributed by atoms with Gasteiger partial charge in [0.05, 0.1) is 0 Å². The summed E-state index contributed by atoms with van der Waals surface area (Å²) in [6.45, 7) is 19.4. The van der Waals surface area contributed by atoms with Gasteiger partial charge in [-0.2, -0.15) is 0 Å². The monoisotopic (exact) mass is 582 g/mol. The highest BCUT2D eigenvalue weighted by Gasteiger charge is 2.51. The van der Waals surface area contributed by atoms with E-state index in [1.165, 1.54) is 11.1 Å². The van der Waals surface area contributed by atoms with Gasteiger partial charge in [0.1, 0.15) is 0 Å². The van der Waals surface area contributed by atoms with Crippen LogP contribution in [0.25, 0.3) is 0 Å². The number of aryl methyl sites for hydroxylation is 2. The van der Waals surface area contributed by atoms with Crippen LogP contribution in [-0.2, 0) is 17.0 Å². The Labute approximate surface area is 209 Å². The van der Waals surface area contributed by atoms with Crippen molar-refractivity contribution in [3.63, 3.8) is 0 Å². The first kappa shape index (κ1) is 27.0. The van der Waals surface area contributed by atoms with E-state index in [9.17, 15) is 0 Å². The van der Waals surface area contributed by atoms with E-state index < -0.39 is 16.6 Å². The molecule has 0 aliphatic heterocycles. The summed E-state index contributed by atoms with van der Waals surface area (Å²) < 4.78 is 9.79. The van der Waals surface area contributed by atoms with Crippen molar-refractivity contribution in [1.82, 2.24) is 0 Å². The van der Waals surface area contributed by atoms with Crippen LogP contribution in [0.4, 0.5) is 0 Å². The molecule has 0 N–H and O–H groups in total. The van der Waals surface area contributed by atoms with Crippen molar-refractivity contribution in [3.05, 3.63) is 68.6 Å². The van der Waals surface area contributed by atoms with Gasteiger partial charge in [0, 0.05) is 8.95 Å². The second kappa shape index (κ2) is 10.4. The standard InChI is InChI=1S/C26H40Br2OSi2/c1-25(2,3)30(7,19-17-21-9-13-23(27)14-10-21)29-31(8,26(4,5)6)20-18-22-11-15-24(28)16-12-22/h9-16H,17-20H2,1-8H3. The zero-order valence-corrected chi connectivity index (χ0v) is 25.8. The molecule has 0 aliphatic rings. The molecule has 0 saturated heterocycles. The summed E-state index contributed by atoms with van der Waals surface area (Å²) in [6.07, 6.45) is 2.18. The van der Waals surface area contributed by atoms with Gasteiger partial charge < -0.3 is 4.12 Å². The lowest BCUT2D eigenvalue weighted by Crippen LogP contribution is -2.57. The molecule has 0 fully saturated rings. The average molecular weight is 585 g/mol. The molecular weight excluding hydrogens is 544 g/mol. The highest BCUT2D eigenvalue weighted by molar-refractivity contribution is 9.10. The number of halogens is 2. The van der Waals surface area contributed by atoms with E-state index >= 15 is 0 Å². The van der Waals surface area contributed by atoms with Crippen molar-refractivity contribution in [2.75, 3.05) is 0 Å². The van der Waals surface area contributed by atoms with Crippen molar-refractivity contribution in [2.45, 2.75) is 89.6 Å². The Bertz CT molecular complexity index is 766. The molecule has 0 aromatic heterocycles. The molecule has 2 aromatic carbocycles. The van der Waals surface area contributed by atoms with E-state index in [4.69, 9.17) is 4.12 Å². The highest BCUT2D eigenvalue weighted by Crippen LogP contribution is 2.48. The third-order valence-corrected chi connectivity index (χ3v) is 20.6. The largest absolute Gasteiger partial charge is 0.454 e. The van der Waals surface area contributed by atoms with E-state index in [1.54, 1.807) is 0 Å². The number of hydrogen-bond acceptors (Lipinski definition) is 1. The van der Waals surface area contributed by atoms with Gasteiger partial charge in [0.2, 0.25) is 0 Å². The summed E-state index contributed by atoms with van der Waals surface area (Å²) in [7, 11) is -3.99. The molecular formula is C26H40Br2OSi2. The average Bonchev–Trinajstić information content (AvgIpc) is 2.65. The van der Waals surface area contributed by atoms with Crippen LogP contribution in [0.3, 0.4) is 0 Å². The molecule has 0 amide bonds. The van der Waals surface area contributed by atoms with Crippen LogP contribution in [0, 0.1) is 0 Å². The Morgan fingerprint density at radius 2 is 0.903 bits per heavy atom. The minimum absolute atomic E-state index is 0.194. The minimum atomic E-state index is -2.00. The Morgan fingerprint density at radius 3 is 1.16 bits per heavy atom. The van der Waals surface area contributed by atoms with E-state index in [-0.39, 0.29) is 10.1 Å². The fraction of sp³-hybridized carbons (Fsp3) is 0.538. The molecule has 0 spiro atoms. The number of rotatable bonds is 8. The summed E-state index contributed by atoms with van der Waals surface area (Å²) in [4.78, 5) is 0. The molecule has 0 heterocycles. The van der Waals surface area contributed by atoms with Crippen LogP contribution >= 0.6 is 31.9 Å². The molecule has 2 atom stereocenters. The molecule has 0 aliphatic carbocycles. The van der Waals surface area contributed by atoms with Crippen molar-refractivity contribution in [2.24, 2.45) is 0 Å². The van der Waals surface area contributed by atoms with Crippen LogP contribution in [0.1, 0.15) is 52.7 Å². The Hall–Kier alpha value is -0.206. The van der Waals surface area contributed by atoms with E-state index in [0.29, 0.717) is 0 Å². The van der Waals surface area contributed by atoms with Crippen LogP contribution in [-0.4, -0.2) is 16.6 Å². The van der Waals surface area contributed by atoms with Crippen molar-refractivity contribution < 1.29 is 4.12 Å². The molecule has 2 aromatic rings. The van der Waals surface area contributed by atoms with Gasteiger partial charge in [0.15, 0.2) is 16.6 Å². The molecule has 31 heavy (non-hydrogen) atoms. The first-order chi connectivity index (χ1) is 14.2. The zero-order chi connectivity index (χ0) is 23.5. The minimum Gasteiger partial charge on any atom is -0.454 e. The Morgan fingerprint density at radius 1 is 0.613 bits per heavy atom. The molecule has 2 unspecified atom stereocenters. The second-order valence-corrected chi connectivity index (χ2v) is 22.9. The Kier molecular flexibility index (Phi) is 9.05. The van der Waals surface area contributed by atoms with Crippen LogP contribution in [0.2, 0.25) is 35.3 Å². The summed E-state index contributed by atoms with van der Waals surface area (Å²) >= 11 is 7.11. The molecule has 1 nitrogen and oxygen atoms in total. The van der Waals surface area contributed by atoms with E-state index in [0.717, 1.165) is 33.9 Å². The Balaban J connectivity index is 2.25. The smallest absolute Gasteiger partial charge is 0.182 e. The normalized spacial score (nSPS) is 16.6. The van der Waals surface area contributed by atoms with Gasteiger partial charge in [-0.1, -0.05) is 97.7 Å². The first-order valence-electron chi connectivity index (χ1n) is 11.3. The van der Waals surface area contributed by atoms with Crippen LogP contribution in [0.5, 0.6) is 0 Å². The lowest BCUT2D eigenvalue weighted by Gasteiger charge is -2.50. The van der Waals surface area contributed by atoms with Crippen molar-refractivity contribution in [3.8, 4) is 0 Å². The fourth-order valence-corrected chi connectivity index (χ4v) is 14.5. The third kappa shape index (κ3) is 7.39. The van der Waals surface area contributed by atoms with Crippen LogP contribution < -0.4 is 0 Å². The maximum absolute atomic E-state index is 7.50. The van der Waals surface area contributed by atoms with Gasteiger partial charge in [0.25, 0.3) is 0 Å². The SMILES string of the molecule is CC(C)(C)[Si](C)(CCc1ccc(Br)cc1)O[Si](C)(CCc1ccc(Br)cc1)C(C)(C)C. The van der Waals surface area contributed by atoms with Crippen molar-refractivity contribution in [1.29, 1.82) is 0 Å². The first-order valence-corrected chi connectivity index (χ1v) is 18.2. The molecule has 172 valence electrons. The van der Waals surface area contributed by atoms with E-state index in [2.05, 4.69) is 135 Å². The molecule has 0 saturated carbocycles. The predicted octanol–water partition coefficient (Wildman–Crippen LogP) is 9.76. The van der Waals surface area contributed by atoms with Crippen LogP contribution in [0.15, 0.2) is 57.5 Å². The van der Waals surface area contributed by atoms with Crippen molar-refractivity contribution >= 4 is 48.5 Å². The molecule has 5 heteroatoms. The summed E-state index contributed by atoms with van der Waals surface area (Å²) in [5, 5.41) is 0.388. The molecule has 2 rings (SSSR count). The van der Waals surface area contributed by atoms with Gasteiger partial charge >= 0.3 is 0 Å². The molecule has 0 radical (unpaired) electrons. The number of benzene rings is 2. The maximum Gasteiger partial charge on any atom is 0.182 e. The lowest BCUT2D eigenvalue weighted by molar-refractivity contribution is 0.431. The van der Waals surface area contributed by atoms with Gasteiger partial charge in [-0.15, -0.1) is 0 Å².